The fourth-order valence-corrected chi connectivity index (χ4v) is 1.74. The van der Waals surface area contributed by atoms with Crippen molar-refractivity contribution in [2.75, 3.05) is 20.6 Å². The Balaban J connectivity index is 2.84. The molecule has 0 radical (unpaired) electrons. The van der Waals surface area contributed by atoms with Gasteiger partial charge in [0.05, 0.1) is 14.1 Å². The van der Waals surface area contributed by atoms with Gasteiger partial charge in [-0.25, -0.2) is 0 Å². The van der Waals surface area contributed by atoms with Crippen LogP contribution in [0.2, 0.25) is 0 Å². The summed E-state index contributed by atoms with van der Waals surface area (Å²) in [6.45, 7) is 0.502. The van der Waals surface area contributed by atoms with E-state index in [1.807, 2.05) is 14.1 Å². The average Bonchev–Trinajstić information content (AvgIpc) is 2.20. The third kappa shape index (κ3) is 3.12. The maximum Gasteiger partial charge on any atom is 0.186 e. The highest BCUT2D eigenvalue weighted by atomic mass is 35.5. The number of phenolic OH excluding ortho intramolecular Hbond substituents is 2. The van der Waals surface area contributed by atoms with E-state index in [9.17, 15) is 9.90 Å². The van der Waals surface area contributed by atoms with Crippen LogP contribution in [0.3, 0.4) is 0 Å². The number of carbonyl (C=O) groups is 1. The summed E-state index contributed by atoms with van der Waals surface area (Å²) in [5, 5.41) is 17.7. The molecule has 0 saturated heterocycles. The first-order valence-corrected chi connectivity index (χ1v) is 5.34. The lowest BCUT2D eigenvalue weighted by Gasteiger charge is -2.12. The Morgan fingerprint density at radius 1 is 1.38 bits per heavy atom. The smallest absolute Gasteiger partial charge is 0.186 e. The number of Topliss-reactive ketones (excluding diaryl/α,β-unsaturated/α-hetero) is 1. The van der Waals surface area contributed by atoms with E-state index in [4.69, 9.17) is 16.7 Å². The quantitative estimate of drug-likeness (QED) is 0.398. The molecule has 0 bridgehead atoms. The van der Waals surface area contributed by atoms with Crippen LogP contribution in [0.25, 0.3) is 0 Å². The van der Waals surface area contributed by atoms with E-state index >= 15 is 0 Å². The Morgan fingerprint density at radius 2 is 2.00 bits per heavy atom. The number of quaternary nitrogens is 1. The number of carbonyl (C=O) groups excluding carboxylic acids is 1. The summed E-state index contributed by atoms with van der Waals surface area (Å²) in [6.07, 6.45) is 0. The maximum absolute atomic E-state index is 11.8. The second-order valence-corrected chi connectivity index (χ2v) is 4.47. The van der Waals surface area contributed by atoms with Crippen molar-refractivity contribution in [1.82, 2.24) is 0 Å². The topological polar surface area (TPSA) is 62.0 Å². The van der Waals surface area contributed by atoms with Gasteiger partial charge in [-0.1, -0.05) is 0 Å². The number of halogens is 1. The maximum atomic E-state index is 11.8. The summed E-state index contributed by atoms with van der Waals surface area (Å²) in [5.41, 5.74) is 0.302. The van der Waals surface area contributed by atoms with Crippen LogP contribution in [0.4, 0.5) is 0 Å². The second kappa shape index (κ2) is 5.18. The highest BCUT2D eigenvalue weighted by molar-refractivity contribution is 6.34. The second-order valence-electron chi connectivity index (χ2n) is 3.95. The van der Waals surface area contributed by atoms with Crippen molar-refractivity contribution >= 4 is 17.4 Å². The minimum Gasteiger partial charge on any atom is -0.504 e. The highest BCUT2D eigenvalue weighted by Gasteiger charge is 2.20. The van der Waals surface area contributed by atoms with E-state index in [2.05, 4.69) is 0 Å². The molecule has 0 aliphatic carbocycles. The third-order valence-electron chi connectivity index (χ3n) is 2.13. The summed E-state index contributed by atoms with van der Waals surface area (Å²) in [4.78, 5) is 12.9. The molecule has 0 amide bonds. The zero-order valence-electron chi connectivity index (χ0n) is 9.20. The van der Waals surface area contributed by atoms with E-state index in [-0.39, 0.29) is 17.3 Å². The number of hydrogen-bond acceptors (Lipinski definition) is 3. The van der Waals surface area contributed by atoms with Crippen molar-refractivity contribution in [1.29, 1.82) is 0 Å². The van der Waals surface area contributed by atoms with Gasteiger partial charge in [-0.2, -0.15) is 0 Å². The van der Waals surface area contributed by atoms with Gasteiger partial charge in [0.1, 0.15) is 11.9 Å². The van der Waals surface area contributed by atoms with Gasteiger partial charge in [0.15, 0.2) is 17.3 Å². The van der Waals surface area contributed by atoms with Crippen LogP contribution >= 0.6 is 11.6 Å². The number of alkyl halides is 1. The van der Waals surface area contributed by atoms with Gasteiger partial charge in [0.25, 0.3) is 0 Å². The van der Waals surface area contributed by atoms with Gasteiger partial charge < -0.3 is 15.1 Å². The lowest BCUT2D eigenvalue weighted by molar-refractivity contribution is -0.856. The van der Waals surface area contributed by atoms with Crippen LogP contribution in [-0.4, -0.2) is 42.0 Å². The Morgan fingerprint density at radius 3 is 2.50 bits per heavy atom. The van der Waals surface area contributed by atoms with E-state index in [0.717, 1.165) is 4.90 Å². The minimum absolute atomic E-state index is 0.249. The molecule has 0 saturated carbocycles. The van der Waals surface area contributed by atoms with Gasteiger partial charge in [-0.3, -0.25) is 4.79 Å². The van der Waals surface area contributed by atoms with Crippen molar-refractivity contribution in [3.63, 3.8) is 0 Å². The molecule has 1 aromatic rings. The molecule has 0 aliphatic heterocycles. The number of nitrogens with one attached hydrogen (secondary N) is 1. The molecule has 3 N–H and O–H groups in total. The molecular formula is C11H15ClNO3+. The molecule has 0 aliphatic rings. The number of hydrogen-bond donors (Lipinski definition) is 3. The number of benzene rings is 1. The average molecular weight is 245 g/mol. The monoisotopic (exact) mass is 244 g/mol. The van der Waals surface area contributed by atoms with Crippen molar-refractivity contribution in [2.24, 2.45) is 0 Å². The molecule has 0 spiro atoms. The summed E-state index contributed by atoms with van der Waals surface area (Å²) >= 11 is 5.94. The summed E-state index contributed by atoms with van der Waals surface area (Å²) in [5.74, 6) is -0.814. The van der Waals surface area contributed by atoms with Gasteiger partial charge in [-0.15, -0.1) is 11.6 Å². The molecule has 88 valence electrons. The summed E-state index contributed by atoms with van der Waals surface area (Å²) < 4.78 is 0. The Kier molecular flexibility index (Phi) is 4.15. The molecule has 16 heavy (non-hydrogen) atoms. The molecule has 1 aromatic carbocycles. The van der Waals surface area contributed by atoms with Crippen LogP contribution in [0.1, 0.15) is 10.4 Å². The first-order chi connectivity index (χ1) is 7.41. The van der Waals surface area contributed by atoms with Gasteiger partial charge in [0.2, 0.25) is 0 Å². The van der Waals surface area contributed by atoms with E-state index in [0.29, 0.717) is 12.1 Å². The van der Waals surface area contributed by atoms with E-state index in [1.165, 1.54) is 18.2 Å². The molecule has 0 heterocycles. The number of phenols is 2. The first kappa shape index (κ1) is 12.8. The van der Waals surface area contributed by atoms with Crippen molar-refractivity contribution < 1.29 is 19.9 Å². The van der Waals surface area contributed by atoms with E-state index in [1.54, 1.807) is 0 Å². The van der Waals surface area contributed by atoms with Crippen LogP contribution in [0, 0.1) is 0 Å². The van der Waals surface area contributed by atoms with Crippen molar-refractivity contribution in [3.8, 4) is 11.5 Å². The molecule has 4 nitrogen and oxygen atoms in total. The first-order valence-electron chi connectivity index (χ1n) is 4.91. The highest BCUT2D eigenvalue weighted by Crippen LogP contribution is 2.25. The molecule has 5 heteroatoms. The van der Waals surface area contributed by atoms with Crippen LogP contribution in [-0.2, 0) is 0 Å². The van der Waals surface area contributed by atoms with Gasteiger partial charge >= 0.3 is 0 Å². The van der Waals surface area contributed by atoms with Gasteiger partial charge in [-0.05, 0) is 18.2 Å². The number of rotatable bonds is 4. The zero-order chi connectivity index (χ0) is 12.3. The standard InChI is InChI=1S/C11H14ClNO3/c1-13(2)6-8(12)11(16)7-3-4-9(14)10(15)5-7/h3-5,8,14-15H,6H2,1-2H3/p+1/t8-/m0/s1. The summed E-state index contributed by atoms with van der Waals surface area (Å²) in [7, 11) is 3.80. The normalized spacial score (nSPS) is 12.8. The number of aromatic hydroxyl groups is 2. The molecule has 1 atom stereocenters. The van der Waals surface area contributed by atoms with Crippen molar-refractivity contribution in [2.45, 2.75) is 5.38 Å². The van der Waals surface area contributed by atoms with Crippen LogP contribution in [0.15, 0.2) is 18.2 Å². The summed E-state index contributed by atoms with van der Waals surface area (Å²) in [6, 6.07) is 3.94. The zero-order valence-corrected chi connectivity index (χ0v) is 9.95. The Bertz CT molecular complexity index is 393. The third-order valence-corrected chi connectivity index (χ3v) is 2.48. The molecule has 0 fully saturated rings. The molecule has 1 rings (SSSR count). The fourth-order valence-electron chi connectivity index (χ4n) is 1.31. The lowest BCUT2D eigenvalue weighted by Crippen LogP contribution is -3.07. The van der Waals surface area contributed by atoms with Crippen molar-refractivity contribution in [3.05, 3.63) is 23.8 Å². The largest absolute Gasteiger partial charge is 0.504 e. The Hall–Kier alpha value is -1.26. The van der Waals surface area contributed by atoms with Crippen LogP contribution in [0.5, 0.6) is 11.5 Å². The molecule has 0 aromatic heterocycles. The van der Waals surface area contributed by atoms with Gasteiger partial charge in [0, 0.05) is 5.56 Å². The Labute approximate surface area is 99.1 Å². The molecule has 0 unspecified atom stereocenters. The lowest BCUT2D eigenvalue weighted by atomic mass is 10.1. The predicted molar refractivity (Wildman–Crippen MR) is 61.4 cm³/mol. The SMILES string of the molecule is C[NH+](C)C[C@H](Cl)C(=O)c1ccc(O)c(O)c1. The number of ketones is 1. The predicted octanol–water partition coefficient (Wildman–Crippen LogP) is 0.0324. The van der Waals surface area contributed by atoms with Crippen LogP contribution < -0.4 is 4.90 Å². The van der Waals surface area contributed by atoms with E-state index < -0.39 is 5.38 Å². The fraction of sp³-hybridized carbons (Fsp3) is 0.364. The minimum atomic E-state index is -0.631. The molecular weight excluding hydrogens is 230 g/mol.